The minimum Gasteiger partial charge on any atom is -0.496 e. The second kappa shape index (κ2) is 4.48. The fraction of sp³-hybridized carbons (Fsp3) is 0.462. The highest BCUT2D eigenvalue weighted by Crippen LogP contribution is 2.40. The van der Waals surface area contributed by atoms with Crippen LogP contribution in [0.4, 0.5) is 9.18 Å². The summed E-state index contributed by atoms with van der Waals surface area (Å²) >= 11 is 0. The zero-order chi connectivity index (χ0) is 13.3. The molecule has 0 aliphatic carbocycles. The zero-order valence-corrected chi connectivity index (χ0v) is 10.6. The summed E-state index contributed by atoms with van der Waals surface area (Å²) in [5, 5.41) is 2.75. The van der Waals surface area contributed by atoms with Crippen molar-refractivity contribution in [1.82, 2.24) is 5.32 Å². The summed E-state index contributed by atoms with van der Waals surface area (Å²) in [6.07, 6.45) is -0.467. The minimum atomic E-state index is -0.467. The summed E-state index contributed by atoms with van der Waals surface area (Å²) in [4.78, 5) is 11.4. The van der Waals surface area contributed by atoms with Crippen LogP contribution >= 0.6 is 0 Å². The Labute approximate surface area is 105 Å². The van der Waals surface area contributed by atoms with Gasteiger partial charge >= 0.3 is 6.09 Å². The Hall–Kier alpha value is -1.78. The molecule has 0 spiro atoms. The fourth-order valence-electron chi connectivity index (χ4n) is 2.11. The molecule has 5 heteroatoms. The summed E-state index contributed by atoms with van der Waals surface area (Å²) in [5.74, 6) is 0.0575. The van der Waals surface area contributed by atoms with Gasteiger partial charge in [-0.25, -0.2) is 9.18 Å². The fourth-order valence-corrected chi connectivity index (χ4v) is 2.11. The highest BCUT2D eigenvalue weighted by molar-refractivity contribution is 5.69. The molecule has 1 saturated heterocycles. The maximum absolute atomic E-state index is 13.2. The van der Waals surface area contributed by atoms with E-state index >= 15 is 0 Å². The van der Waals surface area contributed by atoms with Crippen LogP contribution in [0.3, 0.4) is 0 Å². The largest absolute Gasteiger partial charge is 0.496 e. The minimum absolute atomic E-state index is 0.269. The predicted octanol–water partition coefficient (Wildman–Crippen LogP) is 2.64. The van der Waals surface area contributed by atoms with Gasteiger partial charge in [0.15, 0.2) is 0 Å². The van der Waals surface area contributed by atoms with Crippen molar-refractivity contribution in [3.8, 4) is 5.75 Å². The van der Waals surface area contributed by atoms with E-state index in [0.29, 0.717) is 12.4 Å². The maximum atomic E-state index is 13.2. The van der Waals surface area contributed by atoms with Crippen LogP contribution in [0.15, 0.2) is 18.2 Å². The van der Waals surface area contributed by atoms with Gasteiger partial charge in [-0.1, -0.05) is 19.9 Å². The summed E-state index contributed by atoms with van der Waals surface area (Å²) in [7, 11) is 1.48. The molecule has 1 N–H and O–H groups in total. The van der Waals surface area contributed by atoms with Crippen molar-refractivity contribution in [2.75, 3.05) is 13.7 Å². The van der Waals surface area contributed by atoms with E-state index in [4.69, 9.17) is 9.47 Å². The molecule has 1 aromatic rings. The lowest BCUT2D eigenvalue weighted by Crippen LogP contribution is -2.47. The van der Waals surface area contributed by atoms with Crippen molar-refractivity contribution in [3.63, 3.8) is 0 Å². The third-order valence-electron chi connectivity index (χ3n) is 3.13. The first-order valence-electron chi connectivity index (χ1n) is 5.71. The quantitative estimate of drug-likeness (QED) is 0.881. The van der Waals surface area contributed by atoms with Gasteiger partial charge in [0.05, 0.1) is 13.2 Å². The van der Waals surface area contributed by atoms with Gasteiger partial charge in [0.1, 0.15) is 18.2 Å². The van der Waals surface area contributed by atoms with Crippen molar-refractivity contribution in [2.45, 2.75) is 19.9 Å². The van der Waals surface area contributed by atoms with E-state index < -0.39 is 6.09 Å². The topological polar surface area (TPSA) is 47.6 Å². The lowest BCUT2D eigenvalue weighted by molar-refractivity contribution is 0.0381. The van der Waals surface area contributed by atoms with E-state index in [1.54, 1.807) is 6.07 Å². The highest BCUT2D eigenvalue weighted by Gasteiger charge is 2.39. The Kier molecular flexibility index (Phi) is 3.15. The Morgan fingerprint density at radius 3 is 2.89 bits per heavy atom. The number of halogens is 1. The SMILES string of the molecule is COc1cc(F)ccc1[C@@H]1NC(=O)OCC1(C)C. The first-order valence-corrected chi connectivity index (χ1v) is 5.71. The molecule has 1 aromatic carbocycles. The third-order valence-corrected chi connectivity index (χ3v) is 3.13. The zero-order valence-electron chi connectivity index (χ0n) is 10.6. The Bertz CT molecular complexity index is 473. The number of nitrogens with one attached hydrogen (secondary N) is 1. The van der Waals surface area contributed by atoms with Gasteiger partial charge in [0, 0.05) is 17.0 Å². The van der Waals surface area contributed by atoms with E-state index in [2.05, 4.69) is 5.32 Å². The molecule has 1 aliphatic heterocycles. The molecule has 1 fully saturated rings. The molecule has 1 aliphatic rings. The standard InChI is InChI=1S/C13H16FNO3/c1-13(2)7-18-12(16)15-11(13)9-5-4-8(14)6-10(9)17-3/h4-6,11H,7H2,1-3H3,(H,15,16)/t11-/m0/s1. The molecule has 0 aromatic heterocycles. The smallest absolute Gasteiger partial charge is 0.407 e. The Morgan fingerprint density at radius 2 is 2.22 bits per heavy atom. The number of carbonyl (C=O) groups is 1. The molecule has 1 amide bonds. The van der Waals surface area contributed by atoms with Crippen LogP contribution in [-0.4, -0.2) is 19.8 Å². The average molecular weight is 253 g/mol. The van der Waals surface area contributed by atoms with Crippen LogP contribution in [0.2, 0.25) is 0 Å². The summed E-state index contributed by atoms with van der Waals surface area (Å²) < 4.78 is 23.3. The highest BCUT2D eigenvalue weighted by atomic mass is 19.1. The van der Waals surface area contributed by atoms with Gasteiger partial charge < -0.3 is 14.8 Å². The summed E-state index contributed by atoms with van der Waals surface area (Å²) in [5.41, 5.74) is 0.458. The molecular weight excluding hydrogens is 237 g/mol. The molecular formula is C13H16FNO3. The number of rotatable bonds is 2. The number of benzene rings is 1. The average Bonchev–Trinajstić information content (AvgIpc) is 2.32. The van der Waals surface area contributed by atoms with E-state index in [-0.39, 0.29) is 17.3 Å². The molecule has 0 radical (unpaired) electrons. The Balaban J connectivity index is 2.42. The maximum Gasteiger partial charge on any atom is 0.407 e. The molecule has 1 heterocycles. The molecule has 1 atom stereocenters. The van der Waals surface area contributed by atoms with Crippen LogP contribution in [0.1, 0.15) is 25.5 Å². The second-order valence-electron chi connectivity index (χ2n) is 5.03. The predicted molar refractivity (Wildman–Crippen MR) is 64.0 cm³/mol. The molecule has 0 unspecified atom stereocenters. The normalized spacial score (nSPS) is 22.0. The number of amides is 1. The van der Waals surface area contributed by atoms with E-state index in [0.717, 1.165) is 5.56 Å². The van der Waals surface area contributed by atoms with Gasteiger partial charge in [-0.2, -0.15) is 0 Å². The van der Waals surface area contributed by atoms with Crippen LogP contribution in [0, 0.1) is 11.2 Å². The summed E-state index contributed by atoms with van der Waals surface area (Å²) in [6.45, 7) is 4.25. The molecule has 4 nitrogen and oxygen atoms in total. The van der Waals surface area contributed by atoms with Crippen LogP contribution < -0.4 is 10.1 Å². The van der Waals surface area contributed by atoms with Crippen LogP contribution in [0.25, 0.3) is 0 Å². The van der Waals surface area contributed by atoms with Gasteiger partial charge in [-0.15, -0.1) is 0 Å². The first kappa shape index (κ1) is 12.7. The number of hydrogen-bond acceptors (Lipinski definition) is 3. The van der Waals surface area contributed by atoms with Gasteiger partial charge in [-0.05, 0) is 6.07 Å². The molecule has 18 heavy (non-hydrogen) atoms. The summed E-state index contributed by atoms with van der Waals surface area (Å²) in [6, 6.07) is 4.03. The molecule has 98 valence electrons. The van der Waals surface area contributed by atoms with Gasteiger partial charge in [0.25, 0.3) is 0 Å². The second-order valence-corrected chi connectivity index (χ2v) is 5.03. The van der Waals surface area contributed by atoms with E-state index in [1.165, 1.54) is 19.2 Å². The van der Waals surface area contributed by atoms with Crippen LogP contribution in [0.5, 0.6) is 5.75 Å². The number of carbonyl (C=O) groups excluding carboxylic acids is 1. The van der Waals surface area contributed by atoms with Gasteiger partial charge in [0.2, 0.25) is 0 Å². The molecule has 0 saturated carbocycles. The monoisotopic (exact) mass is 253 g/mol. The number of hydrogen-bond donors (Lipinski definition) is 1. The van der Waals surface area contributed by atoms with Crippen molar-refractivity contribution >= 4 is 6.09 Å². The first-order chi connectivity index (χ1) is 8.44. The molecule has 2 rings (SSSR count). The van der Waals surface area contributed by atoms with Crippen molar-refractivity contribution in [3.05, 3.63) is 29.6 Å². The number of alkyl carbamates (subject to hydrolysis) is 1. The third kappa shape index (κ3) is 2.25. The van der Waals surface area contributed by atoms with Crippen LogP contribution in [-0.2, 0) is 4.74 Å². The van der Waals surface area contributed by atoms with Gasteiger partial charge in [-0.3, -0.25) is 0 Å². The van der Waals surface area contributed by atoms with Crippen molar-refractivity contribution < 1.29 is 18.7 Å². The van der Waals surface area contributed by atoms with E-state index in [1.807, 2.05) is 13.8 Å². The van der Waals surface area contributed by atoms with E-state index in [9.17, 15) is 9.18 Å². The lowest BCUT2D eigenvalue weighted by atomic mass is 9.80. The number of cyclic esters (lactones) is 1. The number of ether oxygens (including phenoxy) is 2. The lowest BCUT2D eigenvalue weighted by Gasteiger charge is -2.39. The molecule has 0 bridgehead atoms. The van der Waals surface area contributed by atoms with Crippen molar-refractivity contribution in [2.24, 2.45) is 5.41 Å². The van der Waals surface area contributed by atoms with Crippen molar-refractivity contribution in [1.29, 1.82) is 0 Å². The number of methoxy groups -OCH3 is 1. The Morgan fingerprint density at radius 1 is 1.50 bits per heavy atom.